The molecule has 0 saturated carbocycles. The second kappa shape index (κ2) is 3.40. The van der Waals surface area contributed by atoms with Gasteiger partial charge in [0, 0.05) is 9.90 Å². The van der Waals surface area contributed by atoms with Gasteiger partial charge in [-0.1, -0.05) is 23.7 Å². The molecule has 0 saturated heterocycles. The number of hydrogen-bond acceptors (Lipinski definition) is 2. The maximum atomic E-state index is 5.87. The minimum atomic E-state index is 0.754. The lowest BCUT2D eigenvalue weighted by molar-refractivity contribution is 1.70. The first-order chi connectivity index (χ1) is 6.25. The molecule has 0 aliphatic carbocycles. The third kappa shape index (κ3) is 1.85. The smallest absolute Gasteiger partial charge is 0.0862 e. The lowest BCUT2D eigenvalue weighted by Gasteiger charge is -1.96. The average molecular weight is 210 g/mol. The standard InChI is InChI=1S/C10H8ClNS/c11-8-3-1-2-7(6-8)9-4-5-10(12)13-9/h1-6H,12H2. The first kappa shape index (κ1) is 8.60. The molecule has 0 atom stereocenters. The molecule has 1 aromatic heterocycles. The fraction of sp³-hybridized carbons (Fsp3) is 0. The molecular formula is C10H8ClNS. The van der Waals surface area contributed by atoms with Crippen LogP contribution in [-0.4, -0.2) is 0 Å². The van der Waals surface area contributed by atoms with Gasteiger partial charge < -0.3 is 5.73 Å². The van der Waals surface area contributed by atoms with E-state index in [-0.39, 0.29) is 0 Å². The van der Waals surface area contributed by atoms with Gasteiger partial charge >= 0.3 is 0 Å². The summed E-state index contributed by atoms with van der Waals surface area (Å²) >= 11 is 7.44. The lowest BCUT2D eigenvalue weighted by atomic mass is 10.2. The molecule has 2 rings (SSSR count). The maximum Gasteiger partial charge on any atom is 0.0862 e. The second-order valence-corrected chi connectivity index (χ2v) is 4.26. The van der Waals surface area contributed by atoms with Crippen molar-refractivity contribution in [3.05, 3.63) is 41.4 Å². The molecule has 1 nitrogen and oxygen atoms in total. The average Bonchev–Trinajstić information content (AvgIpc) is 2.52. The van der Waals surface area contributed by atoms with Crippen molar-refractivity contribution in [3.8, 4) is 10.4 Å². The van der Waals surface area contributed by atoms with Gasteiger partial charge in [0.2, 0.25) is 0 Å². The molecule has 0 aliphatic heterocycles. The van der Waals surface area contributed by atoms with E-state index < -0.39 is 0 Å². The Balaban J connectivity index is 2.46. The van der Waals surface area contributed by atoms with E-state index in [1.165, 1.54) is 0 Å². The van der Waals surface area contributed by atoms with Crippen LogP contribution in [0.25, 0.3) is 10.4 Å². The van der Waals surface area contributed by atoms with Crippen LogP contribution in [0.4, 0.5) is 5.00 Å². The third-order valence-electron chi connectivity index (χ3n) is 1.74. The molecule has 0 bridgehead atoms. The SMILES string of the molecule is Nc1ccc(-c2cccc(Cl)c2)s1. The van der Waals surface area contributed by atoms with Crippen LogP contribution in [0.2, 0.25) is 5.02 Å². The van der Waals surface area contributed by atoms with E-state index in [4.69, 9.17) is 17.3 Å². The fourth-order valence-electron chi connectivity index (χ4n) is 1.15. The first-order valence-corrected chi connectivity index (χ1v) is 5.06. The van der Waals surface area contributed by atoms with Crippen LogP contribution in [-0.2, 0) is 0 Å². The van der Waals surface area contributed by atoms with E-state index in [2.05, 4.69) is 0 Å². The Bertz CT molecular complexity index is 422. The highest BCUT2D eigenvalue weighted by atomic mass is 35.5. The van der Waals surface area contributed by atoms with E-state index in [0.717, 1.165) is 20.5 Å². The monoisotopic (exact) mass is 209 g/mol. The summed E-state index contributed by atoms with van der Waals surface area (Å²) < 4.78 is 0. The molecule has 0 unspecified atom stereocenters. The number of thiophene rings is 1. The predicted molar refractivity (Wildman–Crippen MR) is 59.2 cm³/mol. The van der Waals surface area contributed by atoms with Crippen molar-refractivity contribution < 1.29 is 0 Å². The molecule has 0 spiro atoms. The Kier molecular flexibility index (Phi) is 2.25. The fourth-order valence-corrected chi connectivity index (χ4v) is 2.11. The van der Waals surface area contributed by atoms with Crippen LogP contribution in [0.3, 0.4) is 0 Å². The summed E-state index contributed by atoms with van der Waals surface area (Å²) in [5.41, 5.74) is 6.76. The molecule has 13 heavy (non-hydrogen) atoms. The Morgan fingerprint density at radius 2 is 2.00 bits per heavy atom. The molecule has 0 aliphatic rings. The summed E-state index contributed by atoms with van der Waals surface area (Å²) in [6, 6.07) is 11.7. The number of halogens is 1. The topological polar surface area (TPSA) is 26.0 Å². The van der Waals surface area contributed by atoms with Gasteiger partial charge in [0.05, 0.1) is 5.00 Å². The molecule has 1 aromatic carbocycles. The van der Waals surface area contributed by atoms with Gasteiger partial charge in [-0.25, -0.2) is 0 Å². The number of nitrogen functional groups attached to an aromatic ring is 1. The molecule has 0 fully saturated rings. The van der Waals surface area contributed by atoms with Crippen molar-refractivity contribution in [1.82, 2.24) is 0 Å². The van der Waals surface area contributed by atoms with Gasteiger partial charge in [-0.05, 0) is 29.8 Å². The van der Waals surface area contributed by atoms with E-state index in [9.17, 15) is 0 Å². The summed E-state index contributed by atoms with van der Waals surface area (Å²) in [7, 11) is 0. The van der Waals surface area contributed by atoms with Gasteiger partial charge in [-0.15, -0.1) is 11.3 Å². The number of anilines is 1. The van der Waals surface area contributed by atoms with Crippen molar-refractivity contribution in [2.45, 2.75) is 0 Å². The Hall–Kier alpha value is -0.990. The normalized spacial score (nSPS) is 10.2. The maximum absolute atomic E-state index is 5.87. The molecule has 3 heteroatoms. The highest BCUT2D eigenvalue weighted by Gasteiger charge is 2.00. The van der Waals surface area contributed by atoms with Crippen LogP contribution in [0.5, 0.6) is 0 Å². The zero-order valence-electron chi connectivity index (χ0n) is 6.83. The zero-order chi connectivity index (χ0) is 9.26. The molecule has 0 radical (unpaired) electrons. The molecule has 2 N–H and O–H groups in total. The van der Waals surface area contributed by atoms with Crippen molar-refractivity contribution in [2.24, 2.45) is 0 Å². The van der Waals surface area contributed by atoms with E-state index in [1.807, 2.05) is 36.4 Å². The van der Waals surface area contributed by atoms with Gasteiger partial charge in [-0.3, -0.25) is 0 Å². The predicted octanol–water partition coefficient (Wildman–Crippen LogP) is 3.65. The van der Waals surface area contributed by atoms with E-state index >= 15 is 0 Å². The minimum Gasteiger partial charge on any atom is -0.391 e. The summed E-state index contributed by atoms with van der Waals surface area (Å²) in [5, 5.41) is 1.58. The van der Waals surface area contributed by atoms with Crippen molar-refractivity contribution in [1.29, 1.82) is 0 Å². The summed E-state index contributed by atoms with van der Waals surface area (Å²) in [6.45, 7) is 0. The highest BCUT2D eigenvalue weighted by Crippen LogP contribution is 2.30. The van der Waals surface area contributed by atoms with Crippen LogP contribution in [0, 0.1) is 0 Å². The van der Waals surface area contributed by atoms with Crippen molar-refractivity contribution >= 4 is 27.9 Å². The molecule has 0 amide bonds. The first-order valence-electron chi connectivity index (χ1n) is 3.87. The van der Waals surface area contributed by atoms with E-state index in [1.54, 1.807) is 11.3 Å². The Morgan fingerprint density at radius 1 is 1.15 bits per heavy atom. The summed E-state index contributed by atoms with van der Waals surface area (Å²) in [4.78, 5) is 1.15. The van der Waals surface area contributed by atoms with Crippen molar-refractivity contribution in [3.63, 3.8) is 0 Å². The number of rotatable bonds is 1. The molecule has 1 heterocycles. The Labute approximate surface area is 85.8 Å². The quantitative estimate of drug-likeness (QED) is 0.763. The highest BCUT2D eigenvalue weighted by molar-refractivity contribution is 7.19. The zero-order valence-corrected chi connectivity index (χ0v) is 8.40. The summed E-state index contributed by atoms with van der Waals surface area (Å²) in [6.07, 6.45) is 0. The second-order valence-electron chi connectivity index (χ2n) is 2.71. The molecular weight excluding hydrogens is 202 g/mol. The van der Waals surface area contributed by atoms with Crippen LogP contribution in [0.15, 0.2) is 36.4 Å². The van der Waals surface area contributed by atoms with Gasteiger partial charge in [-0.2, -0.15) is 0 Å². The number of hydrogen-bond donors (Lipinski definition) is 1. The van der Waals surface area contributed by atoms with Crippen LogP contribution in [0.1, 0.15) is 0 Å². The summed E-state index contributed by atoms with van der Waals surface area (Å²) in [5.74, 6) is 0. The number of benzene rings is 1. The van der Waals surface area contributed by atoms with Gasteiger partial charge in [0.25, 0.3) is 0 Å². The van der Waals surface area contributed by atoms with E-state index in [0.29, 0.717) is 0 Å². The minimum absolute atomic E-state index is 0.754. The Morgan fingerprint density at radius 3 is 2.62 bits per heavy atom. The van der Waals surface area contributed by atoms with Crippen LogP contribution >= 0.6 is 22.9 Å². The number of nitrogens with two attached hydrogens (primary N) is 1. The lowest BCUT2D eigenvalue weighted by Crippen LogP contribution is -1.73. The van der Waals surface area contributed by atoms with Crippen LogP contribution < -0.4 is 5.73 Å². The third-order valence-corrected chi connectivity index (χ3v) is 2.93. The largest absolute Gasteiger partial charge is 0.391 e. The molecule has 66 valence electrons. The van der Waals surface area contributed by atoms with Gasteiger partial charge in [0.1, 0.15) is 0 Å². The van der Waals surface area contributed by atoms with Crippen molar-refractivity contribution in [2.75, 3.05) is 5.73 Å². The molecule has 2 aromatic rings. The van der Waals surface area contributed by atoms with Gasteiger partial charge in [0.15, 0.2) is 0 Å².